The van der Waals surface area contributed by atoms with Crippen LogP contribution in [0.15, 0.2) is 46.7 Å². The summed E-state index contributed by atoms with van der Waals surface area (Å²) in [7, 11) is 0. The molecule has 0 bridgehead atoms. The Kier molecular flexibility index (Phi) is 8.42. The van der Waals surface area contributed by atoms with Gasteiger partial charge in [0.2, 0.25) is 0 Å². The summed E-state index contributed by atoms with van der Waals surface area (Å²) < 4.78 is 79.0. The molecule has 0 saturated carbocycles. The van der Waals surface area contributed by atoms with Crippen molar-refractivity contribution in [1.82, 2.24) is 0 Å². The van der Waals surface area contributed by atoms with E-state index >= 15 is 0 Å². The summed E-state index contributed by atoms with van der Waals surface area (Å²) >= 11 is 0. The highest BCUT2D eigenvalue weighted by molar-refractivity contribution is 5.69. The topological polar surface area (TPSA) is 113 Å². The highest BCUT2D eigenvalue weighted by Gasteiger charge is 2.32. The third kappa shape index (κ3) is 7.17. The van der Waals surface area contributed by atoms with Gasteiger partial charge in [-0.05, 0) is 49.2 Å². The van der Waals surface area contributed by atoms with E-state index in [-0.39, 0.29) is 36.2 Å². The lowest BCUT2D eigenvalue weighted by Crippen LogP contribution is -2.21. The molecule has 1 N–H and O–H groups in total. The van der Waals surface area contributed by atoms with Crippen LogP contribution in [0.1, 0.15) is 42.0 Å². The van der Waals surface area contributed by atoms with E-state index in [4.69, 9.17) is 5.11 Å². The van der Waals surface area contributed by atoms with Gasteiger partial charge in [0, 0.05) is 6.54 Å². The first-order chi connectivity index (χ1) is 16.3. The van der Waals surface area contributed by atoms with Crippen molar-refractivity contribution < 1.29 is 36.2 Å². The quantitative estimate of drug-likeness (QED) is 0.255. The van der Waals surface area contributed by atoms with Crippen molar-refractivity contribution in [2.45, 2.75) is 32.1 Å². The van der Waals surface area contributed by atoms with Crippen LogP contribution in [0.3, 0.4) is 0 Å². The van der Waals surface area contributed by atoms with Gasteiger partial charge in [-0.15, -0.1) is 5.11 Å². The molecule has 2 aromatic rings. The third-order valence-corrected chi connectivity index (χ3v) is 4.86. The first-order valence-electron chi connectivity index (χ1n) is 9.92. The number of anilines is 1. The Morgan fingerprint density at radius 3 is 2.06 bits per heavy atom. The van der Waals surface area contributed by atoms with Gasteiger partial charge in [0.15, 0.2) is 0 Å². The minimum Gasteiger partial charge on any atom is -0.481 e. The molecule has 35 heavy (non-hydrogen) atoms. The number of carbonyl (C=O) groups is 1. The number of hydrogen-bond acceptors (Lipinski definition) is 5. The highest BCUT2D eigenvalue weighted by Crippen LogP contribution is 2.35. The molecule has 0 aromatic heterocycles. The maximum atomic E-state index is 13.3. The van der Waals surface area contributed by atoms with Crippen LogP contribution in [-0.2, 0) is 17.1 Å². The zero-order chi connectivity index (χ0) is 26.4. The van der Waals surface area contributed by atoms with E-state index in [2.05, 4.69) is 10.3 Å². The largest absolute Gasteiger partial charge is 0.481 e. The molecule has 0 amide bonds. The Hall–Kier alpha value is -4.13. The Morgan fingerprint density at radius 1 is 1.00 bits per heavy atom. The Bertz CT molecular complexity index is 1190. The first kappa shape index (κ1) is 27.1. The molecule has 2 aromatic carbocycles. The van der Waals surface area contributed by atoms with Crippen molar-refractivity contribution in [3.8, 4) is 12.1 Å². The summed E-state index contributed by atoms with van der Waals surface area (Å²) in [6, 6.07) is 7.70. The zero-order valence-corrected chi connectivity index (χ0v) is 18.0. The van der Waals surface area contributed by atoms with Gasteiger partial charge in [-0.3, -0.25) is 4.79 Å². The standard InChI is InChI=1S/C22H17F6N5O2/c1-13(20(34)35)3-2-8-33(19-10-17(22(26,27)28)7-5-15(19)12-30)32-31-18-9-16(21(23,24)25)6-4-14(18)11-29/h4-7,9-10,13H,2-3,8H2,1H3,(H,34,35). The molecular weight excluding hydrogens is 480 g/mol. The van der Waals surface area contributed by atoms with Crippen molar-refractivity contribution >= 4 is 17.3 Å². The second-order valence-electron chi connectivity index (χ2n) is 7.38. The molecular formula is C22H17F6N5O2. The average Bonchev–Trinajstić information content (AvgIpc) is 2.79. The number of nitriles is 2. The van der Waals surface area contributed by atoms with Gasteiger partial charge >= 0.3 is 18.3 Å². The van der Waals surface area contributed by atoms with E-state index in [0.29, 0.717) is 24.3 Å². The van der Waals surface area contributed by atoms with Crippen LogP contribution in [0.2, 0.25) is 0 Å². The fourth-order valence-corrected chi connectivity index (χ4v) is 2.89. The number of halogens is 6. The van der Waals surface area contributed by atoms with E-state index in [0.717, 1.165) is 17.1 Å². The molecule has 0 aliphatic heterocycles. The molecule has 0 heterocycles. The molecule has 2 rings (SSSR count). The molecule has 0 radical (unpaired) electrons. The van der Waals surface area contributed by atoms with Gasteiger partial charge in [-0.1, -0.05) is 12.1 Å². The Morgan fingerprint density at radius 2 is 1.54 bits per heavy atom. The predicted octanol–water partition coefficient (Wildman–Crippen LogP) is 6.47. The molecule has 1 unspecified atom stereocenters. The van der Waals surface area contributed by atoms with Crippen molar-refractivity contribution in [3.05, 3.63) is 58.7 Å². The van der Waals surface area contributed by atoms with E-state index in [1.165, 1.54) is 6.92 Å². The number of aliphatic carboxylic acids is 1. The van der Waals surface area contributed by atoms with Crippen LogP contribution in [0.25, 0.3) is 0 Å². The second kappa shape index (κ2) is 10.9. The molecule has 0 aliphatic rings. The minimum absolute atomic E-state index is 0.0846. The maximum absolute atomic E-state index is 13.3. The van der Waals surface area contributed by atoms with Crippen LogP contribution < -0.4 is 5.01 Å². The van der Waals surface area contributed by atoms with Crippen molar-refractivity contribution in [2.24, 2.45) is 16.3 Å². The summed E-state index contributed by atoms with van der Waals surface area (Å²) in [4.78, 5) is 11.0. The van der Waals surface area contributed by atoms with Crippen molar-refractivity contribution in [2.75, 3.05) is 11.6 Å². The lowest BCUT2D eigenvalue weighted by atomic mass is 10.1. The number of alkyl halides is 6. The van der Waals surface area contributed by atoms with Crippen LogP contribution in [0.4, 0.5) is 37.7 Å². The Balaban J connectivity index is 2.55. The van der Waals surface area contributed by atoms with Gasteiger partial charge in [0.1, 0.15) is 17.8 Å². The lowest BCUT2D eigenvalue weighted by molar-refractivity contribution is -0.141. The number of carboxylic acids is 1. The molecule has 13 heteroatoms. The molecule has 0 aliphatic carbocycles. The summed E-state index contributed by atoms with van der Waals surface area (Å²) in [5, 5.41) is 35.8. The average molecular weight is 497 g/mol. The normalized spacial score (nSPS) is 12.7. The van der Waals surface area contributed by atoms with Gasteiger partial charge < -0.3 is 5.11 Å². The third-order valence-electron chi connectivity index (χ3n) is 4.86. The van der Waals surface area contributed by atoms with Gasteiger partial charge in [0.25, 0.3) is 0 Å². The SMILES string of the molecule is CC(CCCN(N=Nc1cc(C(F)(F)F)ccc1C#N)c1cc(C(F)(F)F)ccc1C#N)C(=O)O. The first-order valence-corrected chi connectivity index (χ1v) is 9.92. The van der Waals surface area contributed by atoms with Crippen molar-refractivity contribution in [1.29, 1.82) is 10.5 Å². The molecule has 0 spiro atoms. The van der Waals surface area contributed by atoms with E-state index in [1.807, 2.05) is 0 Å². The van der Waals surface area contributed by atoms with Gasteiger partial charge in [-0.25, -0.2) is 5.01 Å². The smallest absolute Gasteiger partial charge is 0.416 e. The number of hydrogen-bond donors (Lipinski definition) is 1. The van der Waals surface area contributed by atoms with Crippen LogP contribution in [0.5, 0.6) is 0 Å². The fraction of sp³-hybridized carbons (Fsp3) is 0.318. The number of nitrogens with zero attached hydrogens (tertiary/aromatic N) is 5. The number of carboxylic acid groups (broad SMARTS) is 1. The highest BCUT2D eigenvalue weighted by atomic mass is 19.4. The monoisotopic (exact) mass is 497 g/mol. The summed E-state index contributed by atoms with van der Waals surface area (Å²) in [5.74, 6) is -1.89. The molecule has 184 valence electrons. The van der Waals surface area contributed by atoms with Crippen LogP contribution in [-0.4, -0.2) is 17.6 Å². The molecule has 7 nitrogen and oxygen atoms in total. The summed E-state index contributed by atoms with van der Waals surface area (Å²) in [5.41, 5.74) is -3.55. The van der Waals surface area contributed by atoms with E-state index in [1.54, 1.807) is 12.1 Å². The van der Waals surface area contributed by atoms with Gasteiger partial charge in [0.05, 0.1) is 33.9 Å². The van der Waals surface area contributed by atoms with Crippen LogP contribution >= 0.6 is 0 Å². The Labute approximate surface area is 195 Å². The van der Waals surface area contributed by atoms with Gasteiger partial charge in [-0.2, -0.15) is 36.9 Å². The second-order valence-corrected chi connectivity index (χ2v) is 7.38. The maximum Gasteiger partial charge on any atom is 0.416 e. The summed E-state index contributed by atoms with van der Waals surface area (Å²) in [6.45, 7) is 1.21. The molecule has 0 fully saturated rings. The number of benzene rings is 2. The fourth-order valence-electron chi connectivity index (χ4n) is 2.89. The van der Waals surface area contributed by atoms with Crippen LogP contribution in [0, 0.1) is 28.6 Å². The zero-order valence-electron chi connectivity index (χ0n) is 18.0. The lowest BCUT2D eigenvalue weighted by Gasteiger charge is -2.21. The molecule has 1 atom stereocenters. The predicted molar refractivity (Wildman–Crippen MR) is 110 cm³/mol. The van der Waals surface area contributed by atoms with E-state index < -0.39 is 41.1 Å². The minimum atomic E-state index is -4.77. The van der Waals surface area contributed by atoms with E-state index in [9.17, 15) is 41.7 Å². The van der Waals surface area contributed by atoms with Crippen molar-refractivity contribution in [3.63, 3.8) is 0 Å². The summed E-state index contributed by atoms with van der Waals surface area (Å²) in [6.07, 6.45) is -9.34. The molecule has 0 saturated heterocycles. The number of rotatable bonds is 8.